The van der Waals surface area contributed by atoms with Gasteiger partial charge in [-0.3, -0.25) is 4.79 Å². The largest absolute Gasteiger partial charge is 0.469 e. The number of likely N-dealkylation sites (N-methyl/N-ethyl adjacent to an activating group) is 1. The highest BCUT2D eigenvalue weighted by Gasteiger charge is 2.34. The average Bonchev–Trinajstić information content (AvgIpc) is 2.71. The molecule has 0 spiro atoms. The highest BCUT2D eigenvalue weighted by molar-refractivity contribution is 7.89. The van der Waals surface area contributed by atoms with Gasteiger partial charge in [-0.2, -0.15) is 4.31 Å². The van der Waals surface area contributed by atoms with Gasteiger partial charge in [-0.15, -0.1) is 0 Å². The average molecular weight is 266 g/mol. The van der Waals surface area contributed by atoms with E-state index in [4.69, 9.17) is 0 Å². The first-order valence-electron chi connectivity index (χ1n) is 5.30. The lowest BCUT2D eigenvalue weighted by molar-refractivity contribution is -0.140. The monoisotopic (exact) mass is 266 g/mol. The van der Waals surface area contributed by atoms with Crippen molar-refractivity contribution >= 4 is 16.0 Å². The third kappa shape index (κ3) is 3.63. The summed E-state index contributed by atoms with van der Waals surface area (Å²) in [4.78, 5) is 10.9. The summed E-state index contributed by atoms with van der Waals surface area (Å²) < 4.78 is 29.2. The zero-order chi connectivity index (χ0) is 13.1. The Labute approximate surface area is 101 Å². The summed E-state index contributed by atoms with van der Waals surface area (Å²) in [5, 5.41) is 12.5. The van der Waals surface area contributed by atoms with E-state index >= 15 is 0 Å². The summed E-state index contributed by atoms with van der Waals surface area (Å²) in [7, 11) is -0.927. The smallest absolute Gasteiger partial charge is 0.306 e. The molecule has 1 fully saturated rings. The number of ether oxygens (including phenoxy) is 1. The van der Waals surface area contributed by atoms with Crippen molar-refractivity contribution in [3.63, 3.8) is 0 Å². The van der Waals surface area contributed by atoms with Gasteiger partial charge in [0, 0.05) is 20.1 Å². The van der Waals surface area contributed by atoms with E-state index in [9.17, 15) is 18.3 Å². The van der Waals surface area contributed by atoms with Crippen molar-refractivity contribution in [2.24, 2.45) is 0 Å². The fraction of sp³-hybridized carbons (Fsp3) is 0.889. The Hall–Kier alpha value is -0.700. The van der Waals surface area contributed by atoms with Gasteiger partial charge in [0.25, 0.3) is 0 Å². The first kappa shape index (κ1) is 14.4. The normalized spacial score (nSPS) is 25.2. The van der Waals surface area contributed by atoms with Gasteiger partial charge >= 0.3 is 5.97 Å². The maximum absolute atomic E-state index is 11.9. The van der Waals surface area contributed by atoms with Crippen molar-refractivity contribution in [3.05, 3.63) is 0 Å². The summed E-state index contributed by atoms with van der Waals surface area (Å²) in [6.07, 6.45) is -0.896. The van der Waals surface area contributed by atoms with Crippen LogP contribution in [0, 0.1) is 0 Å². The van der Waals surface area contributed by atoms with Crippen molar-refractivity contribution in [2.45, 2.75) is 18.6 Å². The van der Waals surface area contributed by atoms with Crippen LogP contribution in [-0.4, -0.2) is 68.9 Å². The summed E-state index contributed by atoms with van der Waals surface area (Å²) in [5.41, 5.74) is 0. The molecule has 1 aliphatic heterocycles. The van der Waals surface area contributed by atoms with Crippen molar-refractivity contribution in [2.75, 3.05) is 33.0 Å². The first-order chi connectivity index (χ1) is 7.88. The number of nitrogens with zero attached hydrogens (tertiary/aromatic N) is 1. The number of hydrogen-bond donors (Lipinski definition) is 2. The number of aliphatic hydroxyl groups excluding tert-OH is 1. The Morgan fingerprint density at radius 3 is 2.65 bits per heavy atom. The van der Waals surface area contributed by atoms with E-state index < -0.39 is 28.1 Å². The predicted molar refractivity (Wildman–Crippen MR) is 60.8 cm³/mol. The molecule has 0 aromatic carbocycles. The van der Waals surface area contributed by atoms with Crippen molar-refractivity contribution in [1.82, 2.24) is 9.62 Å². The number of nitrogens with one attached hydrogen (secondary N) is 1. The number of hydrogen-bond acceptors (Lipinski definition) is 6. The van der Waals surface area contributed by atoms with Gasteiger partial charge in [0.15, 0.2) is 0 Å². The minimum Gasteiger partial charge on any atom is -0.469 e. The molecule has 1 aliphatic rings. The van der Waals surface area contributed by atoms with E-state index in [0.29, 0.717) is 13.1 Å². The number of carbonyl (C=O) groups excluding carboxylic acids is 1. The molecule has 0 amide bonds. The Balaban J connectivity index is 2.60. The Bertz CT molecular complexity index is 370. The molecule has 1 saturated heterocycles. The molecular weight excluding hydrogens is 248 g/mol. The maximum atomic E-state index is 11.9. The fourth-order valence-electron chi connectivity index (χ4n) is 1.69. The highest BCUT2D eigenvalue weighted by Crippen LogP contribution is 2.13. The van der Waals surface area contributed by atoms with Crippen molar-refractivity contribution < 1.29 is 23.1 Å². The van der Waals surface area contributed by atoms with Crippen LogP contribution in [0.4, 0.5) is 0 Å². The second-order valence-corrected chi connectivity index (χ2v) is 6.10. The first-order valence-corrected chi connectivity index (χ1v) is 6.90. The van der Waals surface area contributed by atoms with Crippen LogP contribution < -0.4 is 5.32 Å². The summed E-state index contributed by atoms with van der Waals surface area (Å²) >= 11 is 0. The van der Waals surface area contributed by atoms with Crippen LogP contribution in [0.5, 0.6) is 0 Å². The molecule has 0 radical (unpaired) electrons. The number of rotatable bonds is 5. The van der Waals surface area contributed by atoms with Crippen LogP contribution >= 0.6 is 0 Å². The highest BCUT2D eigenvalue weighted by atomic mass is 32.2. The molecule has 0 bridgehead atoms. The van der Waals surface area contributed by atoms with Gasteiger partial charge in [0.2, 0.25) is 10.0 Å². The van der Waals surface area contributed by atoms with Crippen molar-refractivity contribution in [1.29, 1.82) is 0 Å². The molecule has 7 nitrogen and oxygen atoms in total. The van der Waals surface area contributed by atoms with Crippen LogP contribution in [0.15, 0.2) is 0 Å². The molecule has 0 aromatic heterocycles. The number of β-amino-alcohol motifs (C(OH)–C–C–N with tert-alkyl or cyclic N) is 1. The Morgan fingerprint density at radius 1 is 1.53 bits per heavy atom. The quantitative estimate of drug-likeness (QED) is 0.567. The maximum Gasteiger partial charge on any atom is 0.306 e. The van der Waals surface area contributed by atoms with Gasteiger partial charge in [-0.05, 0) is 0 Å². The van der Waals surface area contributed by atoms with Gasteiger partial charge < -0.3 is 15.2 Å². The number of esters is 1. The van der Waals surface area contributed by atoms with E-state index in [0.717, 1.165) is 4.31 Å². The minimum absolute atomic E-state index is 0.181. The lowest BCUT2D eigenvalue weighted by atomic mass is 10.2. The van der Waals surface area contributed by atoms with E-state index in [1.54, 1.807) is 0 Å². The molecule has 1 heterocycles. The zero-order valence-corrected chi connectivity index (χ0v) is 10.7. The van der Waals surface area contributed by atoms with Crippen LogP contribution in [0.2, 0.25) is 0 Å². The third-order valence-corrected chi connectivity index (χ3v) is 4.72. The molecule has 2 atom stereocenters. The standard InChI is InChI=1S/C9H18N2O5S/c1-11(7-5-10-6-8(7)12)17(14,15)4-3-9(13)16-2/h7-8,10,12H,3-6H2,1-2H3/t7-,8-/m0/s1. The van der Waals surface area contributed by atoms with Gasteiger partial charge in [0.05, 0.1) is 31.4 Å². The molecule has 1 rings (SSSR count). The SMILES string of the molecule is COC(=O)CCS(=O)(=O)N(C)[C@H]1CNC[C@@H]1O. The van der Waals surface area contributed by atoms with Gasteiger partial charge in [-0.25, -0.2) is 8.42 Å². The minimum atomic E-state index is -3.55. The molecule has 17 heavy (non-hydrogen) atoms. The molecule has 0 saturated carbocycles. The molecule has 8 heteroatoms. The predicted octanol–water partition coefficient (Wildman–Crippen LogP) is -1.86. The molecule has 0 aliphatic carbocycles. The zero-order valence-electron chi connectivity index (χ0n) is 9.92. The van der Waals surface area contributed by atoms with E-state index in [1.165, 1.54) is 14.2 Å². The summed E-state index contributed by atoms with van der Waals surface area (Å²) in [6, 6.07) is -0.474. The number of methoxy groups -OCH3 is 1. The van der Waals surface area contributed by atoms with Gasteiger partial charge in [0.1, 0.15) is 0 Å². The lowest BCUT2D eigenvalue weighted by Crippen LogP contribution is -2.45. The van der Waals surface area contributed by atoms with E-state index in [1.807, 2.05) is 0 Å². The van der Waals surface area contributed by atoms with Crippen LogP contribution in [0.3, 0.4) is 0 Å². The molecule has 2 N–H and O–H groups in total. The topological polar surface area (TPSA) is 95.9 Å². The number of sulfonamides is 1. The lowest BCUT2D eigenvalue weighted by Gasteiger charge is -2.25. The third-order valence-electron chi connectivity index (χ3n) is 2.85. The molecule has 0 aromatic rings. The second kappa shape index (κ2) is 5.76. The van der Waals surface area contributed by atoms with Crippen LogP contribution in [-0.2, 0) is 19.6 Å². The molecule has 0 unspecified atom stereocenters. The second-order valence-electron chi connectivity index (χ2n) is 3.95. The number of aliphatic hydroxyl groups is 1. The van der Waals surface area contributed by atoms with Crippen molar-refractivity contribution in [3.8, 4) is 0 Å². The molecule has 100 valence electrons. The number of carbonyl (C=O) groups is 1. The Morgan fingerprint density at radius 2 is 2.18 bits per heavy atom. The molecular formula is C9H18N2O5S. The summed E-state index contributed by atoms with van der Waals surface area (Å²) in [6.45, 7) is 0.788. The Kier molecular flexibility index (Phi) is 4.87. The fourth-order valence-corrected chi connectivity index (χ4v) is 3.03. The summed E-state index contributed by atoms with van der Waals surface area (Å²) in [5.74, 6) is -0.869. The van der Waals surface area contributed by atoms with Crippen LogP contribution in [0.1, 0.15) is 6.42 Å². The van der Waals surface area contributed by atoms with Crippen LogP contribution in [0.25, 0.3) is 0 Å². The van der Waals surface area contributed by atoms with E-state index in [-0.39, 0.29) is 12.2 Å². The van der Waals surface area contributed by atoms with E-state index in [2.05, 4.69) is 10.1 Å². The van der Waals surface area contributed by atoms with Gasteiger partial charge in [-0.1, -0.05) is 0 Å².